The molecule has 134 valence electrons. The number of hydrogen-bond donors (Lipinski definition) is 0. The summed E-state index contributed by atoms with van der Waals surface area (Å²) in [5.74, 6) is 0. The Morgan fingerprint density at radius 3 is 1.70 bits per heavy atom. The predicted molar refractivity (Wildman–Crippen MR) is 129 cm³/mol. The molecule has 0 radical (unpaired) electrons. The molecule has 0 amide bonds. The van der Waals surface area contributed by atoms with E-state index in [1.165, 1.54) is 75.4 Å². The Kier molecular flexibility index (Phi) is 2.01. The molecule has 0 saturated heterocycles. The summed E-state index contributed by atoms with van der Waals surface area (Å²) < 4.78 is 0. The first kappa shape index (κ1) is 14.1. The van der Waals surface area contributed by atoms with Crippen molar-refractivity contribution in [2.45, 2.75) is 0 Å². The van der Waals surface area contributed by atoms with Gasteiger partial charge in [-0.25, -0.2) is 4.98 Å². The van der Waals surface area contributed by atoms with Crippen LogP contribution >= 0.6 is 0 Å². The van der Waals surface area contributed by atoms with Gasteiger partial charge in [-0.3, -0.25) is 0 Å². The number of benzene rings is 6. The second-order valence-corrected chi connectivity index (χ2v) is 8.76. The predicted octanol–water partition coefficient (Wildman–Crippen LogP) is 8.06. The van der Waals surface area contributed by atoms with E-state index in [0.29, 0.717) is 0 Å². The molecular formula is C29H13N. The van der Waals surface area contributed by atoms with Crippen molar-refractivity contribution < 1.29 is 0 Å². The third-order valence-corrected chi connectivity index (χ3v) is 7.39. The molecule has 9 aromatic rings. The Hall–Kier alpha value is -3.97. The molecule has 0 aliphatic rings. The van der Waals surface area contributed by atoms with Crippen LogP contribution < -0.4 is 0 Å². The number of fused-ring (bicyclic) bond motifs is 4. The van der Waals surface area contributed by atoms with Crippen LogP contribution in [0.25, 0.3) is 86.4 Å². The summed E-state index contributed by atoms with van der Waals surface area (Å²) in [4.78, 5) is 5.14. The van der Waals surface area contributed by atoms with Crippen molar-refractivity contribution in [2.75, 3.05) is 0 Å². The van der Waals surface area contributed by atoms with E-state index in [-0.39, 0.29) is 0 Å². The summed E-state index contributed by atoms with van der Waals surface area (Å²) in [6.45, 7) is 0. The van der Waals surface area contributed by atoms with Gasteiger partial charge in [-0.1, -0.05) is 54.6 Å². The molecular weight excluding hydrogens is 362 g/mol. The third kappa shape index (κ3) is 1.33. The number of nitrogens with zero attached hydrogens (tertiary/aromatic N) is 1. The van der Waals surface area contributed by atoms with Crippen molar-refractivity contribution in [3.63, 3.8) is 0 Å². The van der Waals surface area contributed by atoms with E-state index in [1.54, 1.807) is 0 Å². The fourth-order valence-electron chi connectivity index (χ4n) is 6.22. The SMILES string of the molecule is c1ccc2nc3c(cc2c1)c1cc2ccc4ccc5ccc6cc3c1c1c2c4c5c61. The fraction of sp³-hybridized carbons (Fsp3) is 0. The van der Waals surface area contributed by atoms with Gasteiger partial charge in [0.15, 0.2) is 0 Å². The van der Waals surface area contributed by atoms with Gasteiger partial charge in [0.25, 0.3) is 0 Å². The van der Waals surface area contributed by atoms with E-state index in [2.05, 4.69) is 78.9 Å². The molecule has 0 N–H and O–H groups in total. The first-order chi connectivity index (χ1) is 14.9. The van der Waals surface area contributed by atoms with Crippen LogP contribution in [0.2, 0.25) is 0 Å². The summed E-state index contributed by atoms with van der Waals surface area (Å²) in [7, 11) is 0. The maximum Gasteiger partial charge on any atom is 0.0794 e. The zero-order chi connectivity index (χ0) is 19.1. The Morgan fingerprint density at radius 1 is 0.400 bits per heavy atom. The molecule has 8 aromatic carbocycles. The van der Waals surface area contributed by atoms with E-state index in [9.17, 15) is 0 Å². The fourth-order valence-corrected chi connectivity index (χ4v) is 6.22. The summed E-state index contributed by atoms with van der Waals surface area (Å²) in [6.07, 6.45) is 0. The molecule has 1 heteroatoms. The van der Waals surface area contributed by atoms with Crippen molar-refractivity contribution in [2.24, 2.45) is 0 Å². The highest BCUT2D eigenvalue weighted by Gasteiger charge is 2.24. The Bertz CT molecular complexity index is 1950. The first-order valence-corrected chi connectivity index (χ1v) is 10.5. The van der Waals surface area contributed by atoms with Crippen LogP contribution in [-0.2, 0) is 0 Å². The number of hydrogen-bond acceptors (Lipinski definition) is 1. The van der Waals surface area contributed by atoms with Crippen molar-refractivity contribution >= 4 is 86.4 Å². The van der Waals surface area contributed by atoms with E-state index in [1.807, 2.05) is 0 Å². The Labute approximate surface area is 170 Å². The lowest BCUT2D eigenvalue weighted by molar-refractivity contribution is 1.53. The lowest BCUT2D eigenvalue weighted by atomic mass is 9.97. The average molecular weight is 375 g/mol. The van der Waals surface area contributed by atoms with E-state index < -0.39 is 0 Å². The van der Waals surface area contributed by atoms with Crippen LogP contribution in [0.3, 0.4) is 0 Å². The topological polar surface area (TPSA) is 12.9 Å². The highest BCUT2D eigenvalue weighted by molar-refractivity contribution is 6.50. The minimum absolute atomic E-state index is 1.07. The van der Waals surface area contributed by atoms with Gasteiger partial charge in [-0.05, 0) is 78.1 Å². The van der Waals surface area contributed by atoms with Gasteiger partial charge in [-0.2, -0.15) is 0 Å². The summed E-state index contributed by atoms with van der Waals surface area (Å²) in [5, 5.41) is 19.0. The third-order valence-electron chi connectivity index (χ3n) is 7.39. The number of para-hydroxylation sites is 1. The van der Waals surface area contributed by atoms with Gasteiger partial charge in [0.1, 0.15) is 0 Å². The van der Waals surface area contributed by atoms with Crippen molar-refractivity contribution in [1.82, 2.24) is 4.98 Å². The summed E-state index contributed by atoms with van der Waals surface area (Å²) in [5.41, 5.74) is 2.20. The monoisotopic (exact) mass is 375 g/mol. The standard InChI is InChI=1S/C29H13N/c1-2-4-22-16(3-1)11-20-19-12-17-9-7-14-5-6-15-8-10-18-13-21(29(20)30-22)27(19)28-25(17)23(14)24(15)26(18)28/h1-13H. The van der Waals surface area contributed by atoms with Gasteiger partial charge in [0.05, 0.1) is 11.0 Å². The van der Waals surface area contributed by atoms with Crippen LogP contribution in [-0.4, -0.2) is 4.98 Å². The first-order valence-electron chi connectivity index (χ1n) is 10.5. The molecule has 0 aliphatic heterocycles. The zero-order valence-electron chi connectivity index (χ0n) is 16.0. The smallest absolute Gasteiger partial charge is 0.0794 e. The minimum Gasteiger partial charge on any atom is -0.247 e. The molecule has 9 rings (SSSR count). The van der Waals surface area contributed by atoms with Crippen LogP contribution in [0.5, 0.6) is 0 Å². The number of pyridine rings is 1. The molecule has 30 heavy (non-hydrogen) atoms. The summed E-state index contributed by atoms with van der Waals surface area (Å²) in [6, 6.07) is 29.3. The number of aromatic nitrogens is 1. The lowest BCUT2D eigenvalue weighted by Gasteiger charge is -2.06. The minimum atomic E-state index is 1.07. The van der Waals surface area contributed by atoms with Crippen molar-refractivity contribution in [3.8, 4) is 0 Å². The van der Waals surface area contributed by atoms with Crippen molar-refractivity contribution in [1.29, 1.82) is 0 Å². The highest BCUT2D eigenvalue weighted by Crippen LogP contribution is 2.52. The largest absolute Gasteiger partial charge is 0.247 e. The molecule has 0 bridgehead atoms. The molecule has 0 saturated carbocycles. The second kappa shape index (κ2) is 4.29. The quantitative estimate of drug-likeness (QED) is 0.244. The van der Waals surface area contributed by atoms with Crippen LogP contribution in [0.1, 0.15) is 0 Å². The molecule has 0 unspecified atom stereocenters. The molecule has 1 heterocycles. The average Bonchev–Trinajstić information content (AvgIpc) is 3.30. The molecule has 1 aromatic heterocycles. The van der Waals surface area contributed by atoms with Gasteiger partial charge >= 0.3 is 0 Å². The van der Waals surface area contributed by atoms with Crippen LogP contribution in [0.15, 0.2) is 78.9 Å². The van der Waals surface area contributed by atoms with E-state index in [4.69, 9.17) is 4.98 Å². The van der Waals surface area contributed by atoms with Gasteiger partial charge < -0.3 is 0 Å². The Morgan fingerprint density at radius 2 is 0.967 bits per heavy atom. The molecule has 1 nitrogen and oxygen atoms in total. The zero-order valence-corrected chi connectivity index (χ0v) is 16.0. The molecule has 0 atom stereocenters. The molecule has 0 aliphatic carbocycles. The van der Waals surface area contributed by atoms with E-state index >= 15 is 0 Å². The maximum absolute atomic E-state index is 5.14. The van der Waals surface area contributed by atoms with Crippen LogP contribution in [0.4, 0.5) is 0 Å². The van der Waals surface area contributed by atoms with Gasteiger partial charge in [0.2, 0.25) is 0 Å². The number of rotatable bonds is 0. The van der Waals surface area contributed by atoms with Crippen molar-refractivity contribution in [3.05, 3.63) is 78.9 Å². The van der Waals surface area contributed by atoms with Gasteiger partial charge in [-0.15, -0.1) is 0 Å². The normalized spacial score (nSPS) is 13.3. The summed E-state index contributed by atoms with van der Waals surface area (Å²) >= 11 is 0. The van der Waals surface area contributed by atoms with E-state index in [0.717, 1.165) is 11.0 Å². The molecule has 0 spiro atoms. The lowest BCUT2D eigenvalue weighted by Crippen LogP contribution is -1.80. The Balaban J connectivity index is 1.74. The molecule has 0 fully saturated rings. The second-order valence-electron chi connectivity index (χ2n) is 8.76. The van der Waals surface area contributed by atoms with Gasteiger partial charge in [0, 0.05) is 21.5 Å². The highest BCUT2D eigenvalue weighted by atomic mass is 14.7. The van der Waals surface area contributed by atoms with Crippen LogP contribution in [0, 0.1) is 0 Å². The maximum atomic E-state index is 5.14.